The van der Waals surface area contributed by atoms with Gasteiger partial charge in [0.15, 0.2) is 23.0 Å². The van der Waals surface area contributed by atoms with Crippen molar-refractivity contribution < 1.29 is 34.0 Å². The molecule has 0 aliphatic carbocycles. The van der Waals surface area contributed by atoms with Crippen molar-refractivity contribution >= 4 is 17.8 Å². The van der Waals surface area contributed by atoms with E-state index in [1.807, 2.05) is 18.2 Å². The van der Waals surface area contributed by atoms with Crippen molar-refractivity contribution in [2.45, 2.75) is 19.8 Å². The summed E-state index contributed by atoms with van der Waals surface area (Å²) < 4.78 is 15.2. The Morgan fingerprint density at radius 3 is 2.14 bits per heavy atom. The minimum Gasteiger partial charge on any atom is -0.504 e. The summed E-state index contributed by atoms with van der Waals surface area (Å²) >= 11 is 0. The predicted octanol–water partition coefficient (Wildman–Crippen LogP) is 3.72. The lowest BCUT2D eigenvalue weighted by atomic mass is 10.1. The normalized spacial score (nSPS) is 10.1. The zero-order valence-corrected chi connectivity index (χ0v) is 17.0. The van der Waals surface area contributed by atoms with E-state index in [1.165, 1.54) is 19.3 Å². The summed E-state index contributed by atoms with van der Waals surface area (Å²) in [7, 11) is 4.64. The second kappa shape index (κ2) is 12.1. The van der Waals surface area contributed by atoms with Gasteiger partial charge in [-0.1, -0.05) is 12.1 Å². The fourth-order valence-corrected chi connectivity index (χ4v) is 2.32. The number of aliphatic carboxylic acids is 1. The molecule has 0 radical (unpaired) electrons. The first-order valence-corrected chi connectivity index (χ1v) is 8.79. The van der Waals surface area contributed by atoms with E-state index >= 15 is 0 Å². The number of hydrogen-bond acceptors (Lipinski definition) is 6. The topological polar surface area (TPSA) is 102 Å². The molecule has 0 fully saturated rings. The number of aryl methyl sites for hydroxylation is 1. The van der Waals surface area contributed by atoms with Crippen LogP contribution in [0, 0.1) is 0 Å². The Balaban J connectivity index is 0.000000291. The van der Waals surface area contributed by atoms with E-state index in [-0.39, 0.29) is 11.5 Å². The molecular weight excluding hydrogens is 376 g/mol. The molecule has 2 aromatic carbocycles. The number of methoxy groups -OCH3 is 3. The predicted molar refractivity (Wildman–Crippen MR) is 110 cm³/mol. The lowest BCUT2D eigenvalue weighted by molar-refractivity contribution is -0.131. The number of ether oxygens (including phenoxy) is 3. The Hall–Kier alpha value is -3.48. The van der Waals surface area contributed by atoms with Crippen LogP contribution in [-0.4, -0.2) is 43.3 Å². The molecule has 0 aliphatic heterocycles. The van der Waals surface area contributed by atoms with Gasteiger partial charge in [-0.15, -0.1) is 0 Å². The highest BCUT2D eigenvalue weighted by Gasteiger charge is 2.05. The van der Waals surface area contributed by atoms with E-state index < -0.39 is 5.97 Å². The van der Waals surface area contributed by atoms with Crippen LogP contribution in [-0.2, 0) is 16.0 Å². The van der Waals surface area contributed by atoms with Gasteiger partial charge in [-0.25, -0.2) is 4.79 Å². The maximum absolute atomic E-state index is 10.8. The van der Waals surface area contributed by atoms with Crippen LogP contribution in [0.4, 0.5) is 0 Å². The molecule has 0 amide bonds. The molecule has 0 bridgehead atoms. The molecule has 7 nitrogen and oxygen atoms in total. The van der Waals surface area contributed by atoms with Gasteiger partial charge in [0, 0.05) is 12.5 Å². The first-order valence-electron chi connectivity index (χ1n) is 8.79. The number of Topliss-reactive ketones (excluding diaryl/α,β-unsaturated/α-hetero) is 1. The summed E-state index contributed by atoms with van der Waals surface area (Å²) in [6.45, 7) is 1.60. The van der Waals surface area contributed by atoms with Crippen molar-refractivity contribution in [3.05, 3.63) is 53.6 Å². The second-order valence-electron chi connectivity index (χ2n) is 5.99. The van der Waals surface area contributed by atoms with E-state index in [1.54, 1.807) is 33.3 Å². The van der Waals surface area contributed by atoms with E-state index in [0.717, 1.165) is 18.1 Å². The Labute approximate surface area is 170 Å². The SMILES string of the molecule is COc1cc(/C=C/C(=O)O)ccc1O.COc1ccc(CCC(C)=O)cc1OC. The highest BCUT2D eigenvalue weighted by atomic mass is 16.5. The van der Waals surface area contributed by atoms with Crippen molar-refractivity contribution in [3.8, 4) is 23.0 Å². The first-order chi connectivity index (χ1) is 13.8. The lowest BCUT2D eigenvalue weighted by Crippen LogP contribution is -1.96. The molecule has 0 aromatic heterocycles. The molecule has 0 saturated carbocycles. The number of carbonyl (C=O) groups is 2. The molecular formula is C22H26O7. The molecule has 0 saturated heterocycles. The van der Waals surface area contributed by atoms with Crippen LogP contribution >= 0.6 is 0 Å². The van der Waals surface area contributed by atoms with Gasteiger partial charge in [0.05, 0.1) is 21.3 Å². The zero-order valence-electron chi connectivity index (χ0n) is 17.0. The van der Waals surface area contributed by atoms with Crippen LogP contribution in [0.2, 0.25) is 0 Å². The van der Waals surface area contributed by atoms with Crippen LogP contribution in [0.15, 0.2) is 42.5 Å². The van der Waals surface area contributed by atoms with Crippen molar-refractivity contribution in [2.75, 3.05) is 21.3 Å². The highest BCUT2D eigenvalue weighted by molar-refractivity contribution is 5.85. The minimum atomic E-state index is -1.02. The minimum absolute atomic E-state index is 0.0278. The summed E-state index contributed by atoms with van der Waals surface area (Å²) in [5.74, 6) is 0.946. The van der Waals surface area contributed by atoms with Crippen molar-refractivity contribution in [2.24, 2.45) is 0 Å². The van der Waals surface area contributed by atoms with Crippen molar-refractivity contribution in [3.63, 3.8) is 0 Å². The largest absolute Gasteiger partial charge is 0.504 e. The van der Waals surface area contributed by atoms with Gasteiger partial charge in [0.1, 0.15) is 5.78 Å². The molecule has 7 heteroatoms. The Bertz CT molecular complexity index is 856. The molecule has 0 heterocycles. The number of carbonyl (C=O) groups excluding carboxylic acids is 1. The van der Waals surface area contributed by atoms with Gasteiger partial charge in [0.2, 0.25) is 0 Å². The molecule has 2 N–H and O–H groups in total. The van der Waals surface area contributed by atoms with E-state index in [4.69, 9.17) is 19.3 Å². The number of ketones is 1. The summed E-state index contributed by atoms with van der Waals surface area (Å²) in [4.78, 5) is 21.1. The Morgan fingerprint density at radius 1 is 0.931 bits per heavy atom. The summed E-state index contributed by atoms with van der Waals surface area (Å²) in [6.07, 6.45) is 3.75. The van der Waals surface area contributed by atoms with Gasteiger partial charge >= 0.3 is 5.97 Å². The lowest BCUT2D eigenvalue weighted by Gasteiger charge is -2.08. The molecule has 0 aliphatic rings. The molecule has 0 spiro atoms. The van der Waals surface area contributed by atoms with Gasteiger partial charge < -0.3 is 29.2 Å². The monoisotopic (exact) mass is 402 g/mol. The van der Waals surface area contributed by atoms with Crippen LogP contribution < -0.4 is 14.2 Å². The molecule has 156 valence electrons. The van der Waals surface area contributed by atoms with Crippen LogP contribution in [0.5, 0.6) is 23.0 Å². The third kappa shape index (κ3) is 8.38. The average Bonchev–Trinajstić information content (AvgIpc) is 2.71. The number of phenolic OH excluding ortho intramolecular Hbond substituents is 1. The quantitative estimate of drug-likeness (QED) is 0.649. The number of hydrogen-bond donors (Lipinski definition) is 2. The molecule has 2 rings (SSSR count). The van der Waals surface area contributed by atoms with Gasteiger partial charge in [0.25, 0.3) is 0 Å². The molecule has 0 unspecified atom stereocenters. The first kappa shape index (κ1) is 23.6. The molecule has 29 heavy (non-hydrogen) atoms. The van der Waals surface area contributed by atoms with E-state index in [0.29, 0.717) is 29.2 Å². The van der Waals surface area contributed by atoms with E-state index in [2.05, 4.69) is 0 Å². The highest BCUT2D eigenvalue weighted by Crippen LogP contribution is 2.28. The van der Waals surface area contributed by atoms with Crippen molar-refractivity contribution in [1.29, 1.82) is 0 Å². The van der Waals surface area contributed by atoms with Crippen LogP contribution in [0.3, 0.4) is 0 Å². The number of carboxylic acids is 1. The molecule has 0 atom stereocenters. The number of benzene rings is 2. The standard InChI is InChI=1S/C12H16O3.C10H10O4/c1-9(13)4-5-10-6-7-11(14-2)12(8-10)15-3;1-14-9-6-7(2-4-8(9)11)3-5-10(12)13/h6-8H,4-5H2,1-3H3;2-6,11H,1H3,(H,12,13)/b;5-3+. The number of carboxylic acid groups (broad SMARTS) is 1. The number of phenols is 1. The molecule has 2 aromatic rings. The maximum Gasteiger partial charge on any atom is 0.328 e. The van der Waals surface area contributed by atoms with Crippen molar-refractivity contribution in [1.82, 2.24) is 0 Å². The summed E-state index contributed by atoms with van der Waals surface area (Å²) in [5.41, 5.74) is 1.74. The second-order valence-corrected chi connectivity index (χ2v) is 5.99. The van der Waals surface area contributed by atoms with Crippen LogP contribution in [0.1, 0.15) is 24.5 Å². The van der Waals surface area contributed by atoms with Crippen LogP contribution in [0.25, 0.3) is 6.08 Å². The third-order valence-corrected chi connectivity index (χ3v) is 3.84. The number of aromatic hydroxyl groups is 1. The fraction of sp³-hybridized carbons (Fsp3) is 0.273. The van der Waals surface area contributed by atoms with E-state index in [9.17, 15) is 14.7 Å². The Morgan fingerprint density at radius 2 is 1.59 bits per heavy atom. The van der Waals surface area contributed by atoms with Gasteiger partial charge in [-0.05, 0) is 54.8 Å². The third-order valence-electron chi connectivity index (χ3n) is 3.84. The summed E-state index contributed by atoms with van der Waals surface area (Å²) in [6, 6.07) is 10.3. The summed E-state index contributed by atoms with van der Waals surface area (Å²) in [5, 5.41) is 17.6. The van der Waals surface area contributed by atoms with Gasteiger partial charge in [-0.3, -0.25) is 0 Å². The maximum atomic E-state index is 10.8. The van der Waals surface area contributed by atoms with Gasteiger partial charge in [-0.2, -0.15) is 0 Å². The Kier molecular flexibility index (Phi) is 9.81. The average molecular weight is 402 g/mol. The zero-order chi connectivity index (χ0) is 21.8. The fourth-order valence-electron chi connectivity index (χ4n) is 2.32. The number of rotatable bonds is 8. The smallest absolute Gasteiger partial charge is 0.328 e.